The van der Waals surface area contributed by atoms with E-state index in [1.807, 2.05) is 34.9 Å². The van der Waals surface area contributed by atoms with Crippen molar-refractivity contribution in [2.24, 2.45) is 0 Å². The first-order valence-electron chi connectivity index (χ1n) is 8.80. The first-order valence-corrected chi connectivity index (χ1v) is 9.18. The van der Waals surface area contributed by atoms with Crippen LogP contribution < -0.4 is 0 Å². The fourth-order valence-corrected chi connectivity index (χ4v) is 4.32. The second kappa shape index (κ2) is 6.76. The molecule has 0 saturated heterocycles. The van der Waals surface area contributed by atoms with Crippen LogP contribution >= 0.6 is 11.6 Å². The number of benzene rings is 2. The van der Waals surface area contributed by atoms with Gasteiger partial charge in [-0.25, -0.2) is 4.39 Å². The van der Waals surface area contributed by atoms with Crippen LogP contribution in [-0.2, 0) is 17.8 Å². The number of hydrogen-bond acceptors (Lipinski definition) is 1. The number of hydrogen-bond donors (Lipinski definition) is 1. The average Bonchev–Trinajstić information content (AvgIpc) is 2.93. The lowest BCUT2D eigenvalue weighted by Crippen LogP contribution is -2.17. The molecule has 1 aliphatic rings. The molecule has 0 radical (unpaired) electrons. The number of carboxylic acid groups (broad SMARTS) is 1. The molecule has 0 saturated carbocycles. The summed E-state index contributed by atoms with van der Waals surface area (Å²) in [5.41, 5.74) is 3.67. The van der Waals surface area contributed by atoms with E-state index in [1.54, 1.807) is 6.07 Å². The monoisotopic (exact) mass is 371 g/mol. The second-order valence-corrected chi connectivity index (χ2v) is 7.34. The van der Waals surface area contributed by atoms with E-state index in [4.69, 9.17) is 11.6 Å². The predicted molar refractivity (Wildman–Crippen MR) is 100 cm³/mol. The summed E-state index contributed by atoms with van der Waals surface area (Å²) in [6.07, 6.45) is 2.68. The quantitative estimate of drug-likeness (QED) is 0.669. The molecule has 0 spiro atoms. The summed E-state index contributed by atoms with van der Waals surface area (Å²) in [5.74, 6) is -1.16. The van der Waals surface area contributed by atoms with Crippen LogP contribution in [0, 0.1) is 5.82 Å². The molecule has 4 rings (SSSR count). The van der Waals surface area contributed by atoms with Gasteiger partial charge in [-0.1, -0.05) is 35.9 Å². The molecule has 134 valence electrons. The van der Waals surface area contributed by atoms with Gasteiger partial charge in [-0.3, -0.25) is 4.79 Å². The molecular formula is C21H19ClFNO2. The third-order valence-corrected chi connectivity index (χ3v) is 5.47. The molecule has 1 unspecified atom stereocenters. The standard InChI is InChI=1S/C21H19ClFNO2/c22-15-9-7-13(8-10-15)12-24-20-14(11-19(25)26)3-1-4-16(20)17-5-2-6-18(23)21(17)24/h2,5-10,14H,1,3-4,11-12H2,(H,25,26). The van der Waals surface area contributed by atoms with Gasteiger partial charge >= 0.3 is 5.97 Å². The van der Waals surface area contributed by atoms with Crippen molar-refractivity contribution in [2.75, 3.05) is 0 Å². The summed E-state index contributed by atoms with van der Waals surface area (Å²) < 4.78 is 16.7. The number of aryl methyl sites for hydroxylation is 1. The highest BCUT2D eigenvalue weighted by molar-refractivity contribution is 6.30. The molecule has 2 aromatic carbocycles. The Balaban J connectivity index is 1.91. The smallest absolute Gasteiger partial charge is 0.304 e. The Bertz CT molecular complexity index is 978. The van der Waals surface area contributed by atoms with E-state index in [2.05, 4.69) is 0 Å². The van der Waals surface area contributed by atoms with Crippen LogP contribution in [0.2, 0.25) is 5.02 Å². The number of rotatable bonds is 4. The Hall–Kier alpha value is -2.33. The van der Waals surface area contributed by atoms with Gasteiger partial charge in [0.25, 0.3) is 0 Å². The maximum atomic E-state index is 14.7. The van der Waals surface area contributed by atoms with Gasteiger partial charge in [0.2, 0.25) is 0 Å². The Labute approximate surface area is 156 Å². The van der Waals surface area contributed by atoms with Gasteiger partial charge < -0.3 is 9.67 Å². The highest BCUT2D eigenvalue weighted by Crippen LogP contribution is 2.41. The van der Waals surface area contributed by atoms with E-state index in [-0.39, 0.29) is 18.2 Å². The number of aromatic nitrogens is 1. The van der Waals surface area contributed by atoms with E-state index in [0.29, 0.717) is 17.1 Å². The van der Waals surface area contributed by atoms with E-state index >= 15 is 0 Å². The van der Waals surface area contributed by atoms with Gasteiger partial charge in [0.1, 0.15) is 5.82 Å². The number of nitrogens with zero attached hydrogens (tertiary/aromatic N) is 1. The van der Waals surface area contributed by atoms with Crippen LogP contribution in [0.5, 0.6) is 0 Å². The Morgan fingerprint density at radius 3 is 2.73 bits per heavy atom. The van der Waals surface area contributed by atoms with Crippen molar-refractivity contribution < 1.29 is 14.3 Å². The van der Waals surface area contributed by atoms with Crippen molar-refractivity contribution in [2.45, 2.75) is 38.1 Å². The third-order valence-electron chi connectivity index (χ3n) is 5.22. The zero-order chi connectivity index (χ0) is 18.3. The van der Waals surface area contributed by atoms with Gasteiger partial charge in [-0.05, 0) is 48.6 Å². The molecule has 1 atom stereocenters. The molecule has 1 heterocycles. The Morgan fingerprint density at radius 2 is 2.00 bits per heavy atom. The topological polar surface area (TPSA) is 42.2 Å². The molecule has 0 bridgehead atoms. The van der Waals surface area contributed by atoms with Crippen LogP contribution in [0.15, 0.2) is 42.5 Å². The maximum Gasteiger partial charge on any atom is 0.304 e. The van der Waals surface area contributed by atoms with Gasteiger partial charge in [-0.15, -0.1) is 0 Å². The zero-order valence-corrected chi connectivity index (χ0v) is 15.0. The van der Waals surface area contributed by atoms with E-state index in [9.17, 15) is 14.3 Å². The zero-order valence-electron chi connectivity index (χ0n) is 14.2. The lowest BCUT2D eigenvalue weighted by molar-refractivity contribution is -0.137. The van der Waals surface area contributed by atoms with Crippen molar-refractivity contribution in [1.82, 2.24) is 4.57 Å². The minimum absolute atomic E-state index is 0.0750. The third kappa shape index (κ3) is 2.99. The molecule has 5 heteroatoms. The number of carboxylic acids is 1. The Morgan fingerprint density at radius 1 is 1.23 bits per heavy atom. The fraction of sp³-hybridized carbons (Fsp3) is 0.286. The first-order chi connectivity index (χ1) is 12.5. The molecule has 0 amide bonds. The van der Waals surface area contributed by atoms with Crippen LogP contribution in [0.4, 0.5) is 4.39 Å². The van der Waals surface area contributed by atoms with Crippen LogP contribution in [0.1, 0.15) is 42.0 Å². The molecule has 0 fully saturated rings. The molecule has 3 aromatic rings. The SMILES string of the molecule is O=C(O)CC1CCCc2c1n(Cc1ccc(Cl)cc1)c1c(F)cccc21. The van der Waals surface area contributed by atoms with E-state index < -0.39 is 5.97 Å². The van der Waals surface area contributed by atoms with E-state index in [0.717, 1.165) is 41.5 Å². The number of para-hydroxylation sites is 1. The normalized spacial score (nSPS) is 16.6. The largest absolute Gasteiger partial charge is 0.481 e. The second-order valence-electron chi connectivity index (χ2n) is 6.90. The van der Waals surface area contributed by atoms with Crippen LogP contribution in [-0.4, -0.2) is 15.6 Å². The average molecular weight is 372 g/mol. The lowest BCUT2D eigenvalue weighted by atomic mass is 9.84. The lowest BCUT2D eigenvalue weighted by Gasteiger charge is -2.24. The number of halogens is 2. The minimum Gasteiger partial charge on any atom is -0.481 e. The van der Waals surface area contributed by atoms with Crippen molar-refractivity contribution in [3.05, 3.63) is 70.1 Å². The molecule has 26 heavy (non-hydrogen) atoms. The van der Waals surface area contributed by atoms with E-state index in [1.165, 1.54) is 6.07 Å². The number of fused-ring (bicyclic) bond motifs is 3. The summed E-state index contributed by atoms with van der Waals surface area (Å²) in [4.78, 5) is 11.4. The number of carbonyl (C=O) groups is 1. The van der Waals surface area contributed by atoms with Gasteiger partial charge in [-0.2, -0.15) is 0 Å². The summed E-state index contributed by atoms with van der Waals surface area (Å²) in [6.45, 7) is 0.500. The molecule has 1 aliphatic carbocycles. The predicted octanol–water partition coefficient (Wildman–Crippen LogP) is 5.38. The Kier molecular flexibility index (Phi) is 4.45. The maximum absolute atomic E-state index is 14.7. The summed E-state index contributed by atoms with van der Waals surface area (Å²) in [7, 11) is 0. The summed E-state index contributed by atoms with van der Waals surface area (Å²) in [6, 6.07) is 12.6. The van der Waals surface area contributed by atoms with Crippen LogP contribution in [0.25, 0.3) is 10.9 Å². The van der Waals surface area contributed by atoms with Gasteiger partial charge in [0.05, 0.1) is 11.9 Å². The number of aliphatic carboxylic acids is 1. The molecule has 1 N–H and O–H groups in total. The van der Waals surface area contributed by atoms with Gasteiger partial charge in [0, 0.05) is 28.6 Å². The summed E-state index contributed by atoms with van der Waals surface area (Å²) in [5, 5.41) is 10.9. The van der Waals surface area contributed by atoms with Crippen molar-refractivity contribution >= 4 is 28.5 Å². The van der Waals surface area contributed by atoms with Crippen molar-refractivity contribution in [3.63, 3.8) is 0 Å². The minimum atomic E-state index is -0.813. The van der Waals surface area contributed by atoms with Crippen molar-refractivity contribution in [1.29, 1.82) is 0 Å². The first kappa shape index (κ1) is 17.1. The fourth-order valence-electron chi connectivity index (χ4n) is 4.19. The molecule has 3 nitrogen and oxygen atoms in total. The highest BCUT2D eigenvalue weighted by Gasteiger charge is 2.30. The molecule has 1 aromatic heterocycles. The summed E-state index contributed by atoms with van der Waals surface area (Å²) >= 11 is 5.98. The molecule has 0 aliphatic heterocycles. The molecular weight excluding hydrogens is 353 g/mol. The van der Waals surface area contributed by atoms with Gasteiger partial charge in [0.15, 0.2) is 0 Å². The van der Waals surface area contributed by atoms with Crippen molar-refractivity contribution in [3.8, 4) is 0 Å². The highest BCUT2D eigenvalue weighted by atomic mass is 35.5. The van der Waals surface area contributed by atoms with Crippen LogP contribution in [0.3, 0.4) is 0 Å².